The van der Waals surface area contributed by atoms with Crippen LogP contribution in [0.25, 0.3) is 0 Å². The standard InChI is InChI=1S/C22H37N5O2/c1-4-6-11-26(3)22(23-5-2)24-18-19-8-7-9-20(17-19)25-21(28)10-12-27-13-15-29-16-14-27/h7-9,17H,4-6,10-16,18H2,1-3H3,(H,23,24)(H,25,28). The third kappa shape index (κ3) is 8.83. The van der Waals surface area contributed by atoms with E-state index in [1.165, 1.54) is 0 Å². The van der Waals surface area contributed by atoms with Crippen molar-refractivity contribution in [3.8, 4) is 0 Å². The Morgan fingerprint density at radius 3 is 2.79 bits per heavy atom. The van der Waals surface area contributed by atoms with Gasteiger partial charge in [0.05, 0.1) is 19.8 Å². The Morgan fingerprint density at radius 2 is 2.07 bits per heavy atom. The molecule has 0 aromatic heterocycles. The van der Waals surface area contributed by atoms with Crippen molar-refractivity contribution in [1.29, 1.82) is 0 Å². The lowest BCUT2D eigenvalue weighted by Crippen LogP contribution is -2.39. The molecule has 0 bridgehead atoms. The molecule has 0 radical (unpaired) electrons. The fraction of sp³-hybridized carbons (Fsp3) is 0.636. The molecular weight excluding hydrogens is 366 g/mol. The molecule has 7 heteroatoms. The number of nitrogens with zero attached hydrogens (tertiary/aromatic N) is 3. The lowest BCUT2D eigenvalue weighted by molar-refractivity contribution is -0.116. The summed E-state index contributed by atoms with van der Waals surface area (Å²) in [6.07, 6.45) is 2.80. The lowest BCUT2D eigenvalue weighted by atomic mass is 10.2. The number of aliphatic imine (C=N–C) groups is 1. The Hall–Kier alpha value is -2.12. The molecule has 1 aromatic carbocycles. The number of hydrogen-bond acceptors (Lipinski definition) is 4. The van der Waals surface area contributed by atoms with Crippen molar-refractivity contribution in [2.75, 3.05) is 58.3 Å². The van der Waals surface area contributed by atoms with E-state index < -0.39 is 0 Å². The van der Waals surface area contributed by atoms with Crippen molar-refractivity contribution < 1.29 is 9.53 Å². The zero-order valence-electron chi connectivity index (χ0n) is 18.2. The highest BCUT2D eigenvalue weighted by molar-refractivity contribution is 5.90. The number of rotatable bonds is 10. The van der Waals surface area contributed by atoms with Gasteiger partial charge < -0.3 is 20.3 Å². The summed E-state index contributed by atoms with van der Waals surface area (Å²) in [7, 11) is 2.07. The number of ether oxygens (including phenoxy) is 1. The third-order valence-electron chi connectivity index (χ3n) is 4.92. The van der Waals surface area contributed by atoms with E-state index in [2.05, 4.69) is 41.3 Å². The first kappa shape index (κ1) is 23.2. The molecule has 1 aromatic rings. The fourth-order valence-corrected chi connectivity index (χ4v) is 3.19. The molecule has 1 heterocycles. The van der Waals surface area contributed by atoms with E-state index in [9.17, 15) is 4.79 Å². The van der Waals surface area contributed by atoms with Gasteiger partial charge in [0.1, 0.15) is 0 Å². The molecule has 0 atom stereocenters. The number of morpholine rings is 1. The molecule has 162 valence electrons. The average Bonchev–Trinajstić information content (AvgIpc) is 2.74. The minimum atomic E-state index is 0.0461. The van der Waals surface area contributed by atoms with Gasteiger partial charge in [0.25, 0.3) is 0 Å². The lowest BCUT2D eigenvalue weighted by Gasteiger charge is -2.26. The predicted molar refractivity (Wildman–Crippen MR) is 119 cm³/mol. The van der Waals surface area contributed by atoms with E-state index in [4.69, 9.17) is 9.73 Å². The maximum Gasteiger partial charge on any atom is 0.225 e. The largest absolute Gasteiger partial charge is 0.379 e. The molecular formula is C22H37N5O2. The highest BCUT2D eigenvalue weighted by Gasteiger charge is 2.12. The van der Waals surface area contributed by atoms with Crippen molar-refractivity contribution in [2.24, 2.45) is 4.99 Å². The van der Waals surface area contributed by atoms with Crippen molar-refractivity contribution in [1.82, 2.24) is 15.1 Å². The highest BCUT2D eigenvalue weighted by atomic mass is 16.5. The Morgan fingerprint density at radius 1 is 1.28 bits per heavy atom. The van der Waals surface area contributed by atoms with Crippen molar-refractivity contribution in [2.45, 2.75) is 39.7 Å². The quantitative estimate of drug-likeness (QED) is 0.464. The van der Waals surface area contributed by atoms with Crippen LogP contribution in [0, 0.1) is 0 Å². The summed E-state index contributed by atoms with van der Waals surface area (Å²) < 4.78 is 5.34. The van der Waals surface area contributed by atoms with E-state index in [-0.39, 0.29) is 5.91 Å². The molecule has 7 nitrogen and oxygen atoms in total. The van der Waals surface area contributed by atoms with E-state index in [0.717, 1.165) is 76.0 Å². The molecule has 2 N–H and O–H groups in total. The molecule has 0 unspecified atom stereocenters. The second-order valence-corrected chi connectivity index (χ2v) is 7.40. The van der Waals surface area contributed by atoms with Crippen molar-refractivity contribution in [3.05, 3.63) is 29.8 Å². The number of hydrogen-bond donors (Lipinski definition) is 2. The zero-order chi connectivity index (χ0) is 20.9. The third-order valence-corrected chi connectivity index (χ3v) is 4.92. The van der Waals surface area contributed by atoms with E-state index in [1.54, 1.807) is 0 Å². The van der Waals surface area contributed by atoms with Crippen LogP contribution >= 0.6 is 0 Å². The molecule has 29 heavy (non-hydrogen) atoms. The van der Waals surface area contributed by atoms with Crippen LogP contribution in [0.15, 0.2) is 29.3 Å². The minimum absolute atomic E-state index is 0.0461. The predicted octanol–water partition coefficient (Wildman–Crippen LogP) is 2.54. The molecule has 0 saturated carbocycles. The summed E-state index contributed by atoms with van der Waals surface area (Å²) >= 11 is 0. The summed E-state index contributed by atoms with van der Waals surface area (Å²) in [5.74, 6) is 0.964. The highest BCUT2D eigenvalue weighted by Crippen LogP contribution is 2.12. The Labute approximate surface area is 175 Å². The summed E-state index contributed by atoms with van der Waals surface area (Å²) in [4.78, 5) is 21.5. The van der Waals surface area contributed by atoms with Crippen molar-refractivity contribution >= 4 is 17.6 Å². The van der Waals surface area contributed by atoms with Crippen LogP contribution in [0.1, 0.15) is 38.7 Å². The van der Waals surface area contributed by atoms with Crippen LogP contribution < -0.4 is 10.6 Å². The van der Waals surface area contributed by atoms with Crippen LogP contribution in [0.5, 0.6) is 0 Å². The van der Waals surface area contributed by atoms with Gasteiger partial charge >= 0.3 is 0 Å². The summed E-state index contributed by atoms with van der Waals surface area (Å²) in [5.41, 5.74) is 1.91. The Balaban J connectivity index is 1.87. The number of nitrogens with one attached hydrogen (secondary N) is 2. The van der Waals surface area contributed by atoms with Crippen LogP contribution in [-0.2, 0) is 16.1 Å². The number of unbranched alkanes of at least 4 members (excludes halogenated alkanes) is 1. The van der Waals surface area contributed by atoms with Crippen LogP contribution in [-0.4, -0.2) is 74.7 Å². The number of guanidine groups is 1. The molecule has 0 aliphatic carbocycles. The van der Waals surface area contributed by atoms with Gasteiger partial charge in [-0.25, -0.2) is 4.99 Å². The number of carbonyl (C=O) groups is 1. The van der Waals surface area contributed by atoms with Gasteiger partial charge in [-0.05, 0) is 31.0 Å². The van der Waals surface area contributed by atoms with Gasteiger partial charge in [-0.2, -0.15) is 0 Å². The Kier molecular flexibility index (Phi) is 10.5. The molecule has 1 aliphatic rings. The van der Waals surface area contributed by atoms with Crippen LogP contribution in [0.3, 0.4) is 0 Å². The van der Waals surface area contributed by atoms with Crippen LogP contribution in [0.2, 0.25) is 0 Å². The normalized spacial score (nSPS) is 15.2. The zero-order valence-corrected chi connectivity index (χ0v) is 18.2. The number of amides is 1. The van der Waals surface area contributed by atoms with E-state index in [0.29, 0.717) is 13.0 Å². The molecule has 1 fully saturated rings. The maximum atomic E-state index is 12.3. The molecule has 1 aliphatic heterocycles. The minimum Gasteiger partial charge on any atom is -0.379 e. The van der Waals surface area contributed by atoms with E-state index >= 15 is 0 Å². The smallest absolute Gasteiger partial charge is 0.225 e. The van der Waals surface area contributed by atoms with Crippen LogP contribution in [0.4, 0.5) is 5.69 Å². The number of benzene rings is 1. The molecule has 1 amide bonds. The second kappa shape index (κ2) is 13.2. The first-order valence-corrected chi connectivity index (χ1v) is 10.8. The first-order valence-electron chi connectivity index (χ1n) is 10.8. The summed E-state index contributed by atoms with van der Waals surface area (Å²) in [6.45, 7) is 10.8. The monoisotopic (exact) mass is 403 g/mol. The van der Waals surface area contributed by atoms with Gasteiger partial charge in [-0.15, -0.1) is 0 Å². The van der Waals surface area contributed by atoms with Gasteiger partial charge in [0, 0.05) is 51.9 Å². The first-order chi connectivity index (χ1) is 14.1. The van der Waals surface area contributed by atoms with Gasteiger partial charge in [0.2, 0.25) is 5.91 Å². The van der Waals surface area contributed by atoms with Gasteiger partial charge in [-0.1, -0.05) is 25.5 Å². The van der Waals surface area contributed by atoms with E-state index in [1.807, 2.05) is 24.3 Å². The molecule has 0 spiro atoms. The Bertz CT molecular complexity index is 644. The second-order valence-electron chi connectivity index (χ2n) is 7.40. The summed E-state index contributed by atoms with van der Waals surface area (Å²) in [6, 6.07) is 7.95. The number of carbonyl (C=O) groups excluding carboxylic acids is 1. The van der Waals surface area contributed by atoms with Gasteiger partial charge in [-0.3, -0.25) is 9.69 Å². The molecule has 1 saturated heterocycles. The number of anilines is 1. The fourth-order valence-electron chi connectivity index (χ4n) is 3.19. The molecule has 2 rings (SSSR count). The van der Waals surface area contributed by atoms with Gasteiger partial charge in [0.15, 0.2) is 5.96 Å². The topological polar surface area (TPSA) is 69.2 Å². The van der Waals surface area contributed by atoms with Crippen molar-refractivity contribution in [3.63, 3.8) is 0 Å². The average molecular weight is 404 g/mol. The SMILES string of the molecule is CCCCN(C)C(=NCc1cccc(NC(=O)CCN2CCOCC2)c1)NCC. The maximum absolute atomic E-state index is 12.3. The summed E-state index contributed by atoms with van der Waals surface area (Å²) in [5, 5.41) is 6.36.